The molecule has 1 rings (SSSR count). The highest BCUT2D eigenvalue weighted by Gasteiger charge is 2.11. The lowest BCUT2D eigenvalue weighted by molar-refractivity contribution is 0.373. The minimum absolute atomic E-state index is 0.148. The molecule has 0 bridgehead atoms. The molecule has 0 saturated carbocycles. The molecule has 0 fully saturated rings. The molecule has 1 aromatic carbocycles. The molecule has 0 spiro atoms. The molecule has 0 radical (unpaired) electrons. The third kappa shape index (κ3) is 10.2. The predicted octanol–water partition coefficient (Wildman–Crippen LogP) is 1.70. The number of rotatable bonds is 4. The van der Waals surface area contributed by atoms with E-state index in [-0.39, 0.29) is 6.16 Å². The third-order valence-corrected chi connectivity index (χ3v) is 2.56. The third-order valence-electron chi connectivity index (χ3n) is 1.76. The van der Waals surface area contributed by atoms with Crippen LogP contribution in [0.3, 0.4) is 0 Å². The first kappa shape index (κ1) is 17.0. The van der Waals surface area contributed by atoms with E-state index >= 15 is 0 Å². The quantitative estimate of drug-likeness (QED) is 0.421. The lowest BCUT2D eigenvalue weighted by atomic mass is 10.1. The molecule has 0 saturated heterocycles. The van der Waals surface area contributed by atoms with Gasteiger partial charge in [0.2, 0.25) is 0 Å². The lowest BCUT2D eigenvalue weighted by Crippen LogP contribution is -1.92. The van der Waals surface area contributed by atoms with Crippen molar-refractivity contribution in [2.45, 2.75) is 6.42 Å². The largest absolute Gasteiger partial charge is 0.692 e. The van der Waals surface area contributed by atoms with Crippen molar-refractivity contribution in [2.24, 2.45) is 5.11 Å². The molecule has 0 aromatic heterocycles. The van der Waals surface area contributed by atoms with Crippen LogP contribution < -0.4 is 0 Å². The zero-order chi connectivity index (χ0) is 14.2. The molecule has 10 heteroatoms. The van der Waals surface area contributed by atoms with E-state index in [0.717, 1.165) is 5.56 Å². The molecule has 0 aliphatic heterocycles. The van der Waals surface area contributed by atoms with Gasteiger partial charge in [-0.2, -0.15) is 5.11 Å². The first-order chi connectivity index (χ1) is 8.24. The van der Waals surface area contributed by atoms with Gasteiger partial charge in [0.25, 0.3) is 0 Å². The Morgan fingerprint density at radius 2 is 1.67 bits per heavy atom. The van der Waals surface area contributed by atoms with Crippen molar-refractivity contribution in [3.8, 4) is 0 Å². The topological polar surface area (TPSA) is 151 Å². The molecule has 8 nitrogen and oxygen atoms in total. The average Bonchev–Trinajstić information content (AvgIpc) is 2.25. The summed E-state index contributed by atoms with van der Waals surface area (Å²) in [7, 11) is -6.78. The summed E-state index contributed by atoms with van der Waals surface area (Å²) in [6.07, 6.45) is 0.187. The Balaban J connectivity index is 0.000000631. The van der Waals surface area contributed by atoms with E-state index in [9.17, 15) is 4.57 Å². The summed E-state index contributed by atoms with van der Waals surface area (Å²) in [5.74, 6) is 0. The summed E-state index contributed by atoms with van der Waals surface area (Å²) in [5, 5.41) is 3.22. The van der Waals surface area contributed by atoms with Crippen molar-refractivity contribution in [1.82, 2.24) is 0 Å². The number of nitrogens with zero attached hydrogens (tertiary/aromatic N) is 1. The summed E-state index contributed by atoms with van der Waals surface area (Å²) in [5.41, 5.74) is 8.08. The fraction of sp³-hybridized carbons (Fsp3) is 0.250. The van der Waals surface area contributed by atoms with Crippen LogP contribution in [0, 0.1) is 5.53 Å². The van der Waals surface area contributed by atoms with Gasteiger partial charge in [-0.1, -0.05) is 12.1 Å². The van der Waals surface area contributed by atoms with E-state index in [2.05, 4.69) is 5.11 Å². The zero-order valence-corrected chi connectivity index (χ0v) is 11.0. The Kier molecular flexibility index (Phi) is 7.70. The van der Waals surface area contributed by atoms with Crippen LogP contribution in [0.2, 0.25) is 0 Å². The van der Waals surface area contributed by atoms with Gasteiger partial charge in [0.05, 0.1) is 11.8 Å². The van der Waals surface area contributed by atoms with Gasteiger partial charge in [0.1, 0.15) is 0 Å². The number of hydrogen-bond acceptors (Lipinski definition) is 4. The Hall–Kier alpha value is -1.01. The first-order valence-corrected chi connectivity index (χ1v) is 7.57. The number of aryl methyl sites for hydroxylation is 1. The summed E-state index contributed by atoms with van der Waals surface area (Å²) in [6, 6.07) is 6.70. The monoisotopic (exact) mass is 295 g/mol. The van der Waals surface area contributed by atoms with Gasteiger partial charge in [-0.25, -0.2) is 5.53 Å². The second-order valence-corrected chi connectivity index (χ2v) is 5.45. The van der Waals surface area contributed by atoms with Crippen LogP contribution >= 0.6 is 15.9 Å². The summed E-state index contributed by atoms with van der Waals surface area (Å²) < 4.78 is 19.3. The average molecular weight is 295 g/mol. The molecule has 0 unspecified atom stereocenters. The van der Waals surface area contributed by atoms with Gasteiger partial charge in [-0.15, -0.1) is 9.79 Å². The summed E-state index contributed by atoms with van der Waals surface area (Å²) in [4.78, 5) is 31.5. The molecular weight excluding hydrogens is 282 g/mol. The van der Waals surface area contributed by atoms with Gasteiger partial charge in [0, 0.05) is 4.57 Å². The molecule has 0 amide bonds. The predicted molar refractivity (Wildman–Crippen MR) is 63.9 cm³/mol. The van der Waals surface area contributed by atoms with Crippen molar-refractivity contribution in [2.75, 3.05) is 6.16 Å². The van der Waals surface area contributed by atoms with Crippen molar-refractivity contribution in [3.05, 3.63) is 29.8 Å². The molecule has 5 N–H and O–H groups in total. The molecule has 18 heavy (non-hydrogen) atoms. The molecule has 0 aliphatic carbocycles. The van der Waals surface area contributed by atoms with Crippen LogP contribution in [0.1, 0.15) is 5.56 Å². The Morgan fingerprint density at radius 3 is 2.00 bits per heavy atom. The van der Waals surface area contributed by atoms with Crippen LogP contribution in [0.5, 0.6) is 0 Å². The highest BCUT2D eigenvalue weighted by Crippen LogP contribution is 2.34. The van der Waals surface area contributed by atoms with Crippen LogP contribution in [-0.4, -0.2) is 25.7 Å². The maximum absolute atomic E-state index is 10.6. The standard InChI is InChI=1S/C8H11N2O3P.HO3P/c9-10-8-3-1-7(2-4-8)5-6-14(11,12)13;1-4(2)3/h1-4,9H,5-6H2,(H2,11,12,13);(H-,1,2,3)/p+1. The van der Waals surface area contributed by atoms with E-state index in [1.807, 2.05) is 0 Å². The van der Waals surface area contributed by atoms with Gasteiger partial charge < -0.3 is 9.79 Å². The second kappa shape index (κ2) is 8.16. The highest BCUT2D eigenvalue weighted by atomic mass is 31.2. The molecule has 100 valence electrons. The second-order valence-electron chi connectivity index (χ2n) is 3.17. The van der Waals surface area contributed by atoms with Crippen molar-refractivity contribution in [3.63, 3.8) is 0 Å². The van der Waals surface area contributed by atoms with Crippen LogP contribution in [0.4, 0.5) is 5.69 Å². The summed E-state index contributed by atoms with van der Waals surface area (Å²) >= 11 is 0. The van der Waals surface area contributed by atoms with Gasteiger partial charge in [0.15, 0.2) is 0 Å². The first-order valence-electron chi connectivity index (χ1n) is 4.60. The van der Waals surface area contributed by atoms with Crippen molar-refractivity contribution >= 4 is 21.5 Å². The maximum Gasteiger partial charge on any atom is 0.692 e. The minimum Gasteiger partial charge on any atom is -0.324 e. The van der Waals surface area contributed by atoms with Crippen LogP contribution in [-0.2, 0) is 15.6 Å². The number of nitrogens with one attached hydrogen (secondary N) is 1. The lowest BCUT2D eigenvalue weighted by Gasteiger charge is -2.03. The van der Waals surface area contributed by atoms with E-state index < -0.39 is 15.9 Å². The van der Waals surface area contributed by atoms with E-state index in [1.54, 1.807) is 24.3 Å². The Labute approximate surface area is 104 Å². The van der Waals surface area contributed by atoms with Crippen LogP contribution in [0.25, 0.3) is 0 Å². The number of benzene rings is 1. The smallest absolute Gasteiger partial charge is 0.324 e. The van der Waals surface area contributed by atoms with Crippen molar-refractivity contribution < 1.29 is 28.7 Å². The normalized spacial score (nSPS) is 10.2. The SMILES string of the molecule is N=Nc1ccc(CCP(=O)(O)O)cc1.O=[P+](O)O. The summed E-state index contributed by atoms with van der Waals surface area (Å²) in [6.45, 7) is 0. The van der Waals surface area contributed by atoms with E-state index in [0.29, 0.717) is 12.1 Å². The zero-order valence-electron chi connectivity index (χ0n) is 9.17. The Morgan fingerprint density at radius 1 is 1.22 bits per heavy atom. The molecule has 0 aliphatic rings. The highest BCUT2D eigenvalue weighted by molar-refractivity contribution is 7.51. The fourth-order valence-electron chi connectivity index (χ4n) is 1.01. The van der Waals surface area contributed by atoms with Crippen LogP contribution in [0.15, 0.2) is 29.4 Å². The minimum atomic E-state index is -3.91. The molecule has 1 aromatic rings. The van der Waals surface area contributed by atoms with E-state index in [1.165, 1.54) is 0 Å². The number of hydrogen-bond donors (Lipinski definition) is 5. The molecular formula is C8H13N2O6P2+. The molecule has 0 heterocycles. The fourth-order valence-corrected chi connectivity index (χ4v) is 1.56. The van der Waals surface area contributed by atoms with Crippen molar-refractivity contribution in [1.29, 1.82) is 5.53 Å². The van der Waals surface area contributed by atoms with Gasteiger partial charge in [-0.3, -0.25) is 4.57 Å². The van der Waals surface area contributed by atoms with Gasteiger partial charge >= 0.3 is 15.9 Å². The Bertz CT molecular complexity index is 439. The van der Waals surface area contributed by atoms with Gasteiger partial charge in [-0.05, 0) is 24.1 Å². The molecule has 0 atom stereocenters. The maximum atomic E-state index is 10.6. The van der Waals surface area contributed by atoms with E-state index in [4.69, 9.17) is 29.7 Å².